The first-order chi connectivity index (χ1) is 3.81. The van der Waals surface area contributed by atoms with Crippen molar-refractivity contribution >= 4 is 11.6 Å². The van der Waals surface area contributed by atoms with Crippen LogP contribution in [0.5, 0.6) is 0 Å². The zero-order valence-corrected chi connectivity index (χ0v) is 5.02. The molecule has 0 radical (unpaired) electrons. The maximum absolute atomic E-state index is 8.64. The van der Waals surface area contributed by atoms with E-state index in [0.29, 0.717) is 0 Å². The van der Waals surface area contributed by atoms with Crippen molar-refractivity contribution in [1.82, 2.24) is 5.32 Å². The van der Waals surface area contributed by atoms with E-state index >= 15 is 0 Å². The Hall–Kier alpha value is -0.460. The van der Waals surface area contributed by atoms with Crippen molar-refractivity contribution in [1.29, 1.82) is 5.26 Å². The van der Waals surface area contributed by atoms with Crippen LogP contribution in [0.1, 0.15) is 0 Å². The fraction of sp³-hybridized carbons (Fsp3) is 0.750. The highest BCUT2D eigenvalue weighted by Gasteiger charge is 1.97. The third-order valence-corrected chi connectivity index (χ3v) is 0.951. The Kier molecular flexibility index (Phi) is 4.42. The third kappa shape index (κ3) is 3.72. The normalized spacial score (nSPS) is 12.1. The van der Waals surface area contributed by atoms with Gasteiger partial charge in [-0.15, -0.1) is 11.6 Å². The Labute approximate surface area is 52.9 Å². The van der Waals surface area contributed by atoms with Crippen molar-refractivity contribution in [2.24, 2.45) is 0 Å². The monoisotopic (exact) mass is 134 g/mol. The number of nitrogens with one attached hydrogen (secondary N) is 1. The fourth-order valence-electron chi connectivity index (χ4n) is 0.218. The van der Waals surface area contributed by atoms with E-state index in [1.807, 2.05) is 0 Å². The Bertz CT molecular complexity index is 90.5. The smallest absolute Gasteiger partial charge is 0.176 e. The number of alkyl halides is 1. The molecule has 0 aromatic carbocycles. The predicted molar refractivity (Wildman–Crippen MR) is 30.3 cm³/mol. The summed E-state index contributed by atoms with van der Waals surface area (Å²) in [6.45, 7) is 0.236. The van der Waals surface area contributed by atoms with Crippen LogP contribution in [0.25, 0.3) is 0 Å². The molecule has 0 fully saturated rings. The second-order valence-corrected chi connectivity index (χ2v) is 1.61. The molecule has 0 bridgehead atoms. The van der Waals surface area contributed by atoms with E-state index in [0.717, 1.165) is 0 Å². The third-order valence-electron chi connectivity index (χ3n) is 0.595. The van der Waals surface area contributed by atoms with Crippen molar-refractivity contribution in [2.45, 2.75) is 6.10 Å². The lowest BCUT2D eigenvalue weighted by Gasteiger charge is -2.01. The molecule has 0 saturated carbocycles. The van der Waals surface area contributed by atoms with Crippen molar-refractivity contribution in [3.05, 3.63) is 0 Å². The summed E-state index contributed by atoms with van der Waals surface area (Å²) in [6.07, 6.45) is 1.05. The number of hydrogen-bond donors (Lipinski definition) is 2. The summed E-state index contributed by atoms with van der Waals surface area (Å²) in [6, 6.07) is 0. The number of nitriles is 1. The molecule has 1 atom stereocenters. The van der Waals surface area contributed by atoms with E-state index in [1.54, 1.807) is 6.19 Å². The van der Waals surface area contributed by atoms with Crippen LogP contribution in [0.15, 0.2) is 0 Å². The molecule has 0 spiro atoms. The molecule has 46 valence electrons. The largest absolute Gasteiger partial charge is 0.390 e. The topological polar surface area (TPSA) is 56.0 Å². The summed E-state index contributed by atoms with van der Waals surface area (Å²) >= 11 is 5.19. The van der Waals surface area contributed by atoms with E-state index in [1.165, 1.54) is 0 Å². The highest BCUT2D eigenvalue weighted by Crippen LogP contribution is 1.82. The minimum Gasteiger partial charge on any atom is -0.390 e. The number of nitrogens with zero attached hydrogens (tertiary/aromatic N) is 1. The van der Waals surface area contributed by atoms with Gasteiger partial charge in [0.05, 0.1) is 18.5 Å². The Morgan fingerprint density at radius 3 is 2.88 bits per heavy atom. The minimum absolute atomic E-state index is 0.161. The summed E-state index contributed by atoms with van der Waals surface area (Å²) in [5, 5.41) is 18.8. The second-order valence-electron chi connectivity index (χ2n) is 1.30. The average Bonchev–Trinajstić information content (AvgIpc) is 1.83. The van der Waals surface area contributed by atoms with Gasteiger partial charge < -0.3 is 10.4 Å². The molecule has 2 N–H and O–H groups in total. The molecular weight excluding hydrogens is 128 g/mol. The quantitative estimate of drug-likeness (QED) is 0.315. The Morgan fingerprint density at radius 2 is 2.50 bits per heavy atom. The first-order valence-electron chi connectivity index (χ1n) is 2.17. The zero-order chi connectivity index (χ0) is 6.41. The van der Waals surface area contributed by atoms with Crippen molar-refractivity contribution in [2.75, 3.05) is 12.4 Å². The molecule has 0 rings (SSSR count). The summed E-state index contributed by atoms with van der Waals surface area (Å²) < 4.78 is 0. The number of rotatable bonds is 3. The lowest BCUT2D eigenvalue weighted by Crippen LogP contribution is -2.24. The van der Waals surface area contributed by atoms with Gasteiger partial charge in [0.1, 0.15) is 0 Å². The molecule has 8 heavy (non-hydrogen) atoms. The van der Waals surface area contributed by atoms with Crippen LogP contribution < -0.4 is 5.32 Å². The molecular formula is C4H7ClN2O. The van der Waals surface area contributed by atoms with Gasteiger partial charge in [-0.25, -0.2) is 0 Å². The maximum Gasteiger partial charge on any atom is 0.176 e. The molecule has 0 aliphatic carbocycles. The Morgan fingerprint density at radius 1 is 1.88 bits per heavy atom. The number of hydrogen-bond acceptors (Lipinski definition) is 3. The van der Waals surface area contributed by atoms with E-state index < -0.39 is 6.10 Å². The zero-order valence-electron chi connectivity index (χ0n) is 4.26. The minimum atomic E-state index is -0.615. The number of halogens is 1. The summed E-state index contributed by atoms with van der Waals surface area (Å²) in [7, 11) is 0. The van der Waals surface area contributed by atoms with Gasteiger partial charge in [0, 0.05) is 0 Å². The van der Waals surface area contributed by atoms with Crippen LogP contribution in [0, 0.1) is 11.5 Å². The van der Waals surface area contributed by atoms with E-state index in [9.17, 15) is 0 Å². The van der Waals surface area contributed by atoms with Gasteiger partial charge in [-0.1, -0.05) is 0 Å². The van der Waals surface area contributed by atoms with E-state index in [4.69, 9.17) is 22.0 Å². The Balaban J connectivity index is 3.01. The molecule has 0 heterocycles. The van der Waals surface area contributed by atoms with E-state index in [-0.39, 0.29) is 12.4 Å². The second kappa shape index (κ2) is 4.69. The summed E-state index contributed by atoms with van der Waals surface area (Å²) in [4.78, 5) is 0. The molecule has 1 unspecified atom stereocenters. The predicted octanol–water partition coefficient (Wildman–Crippen LogP) is -0.343. The first-order valence-corrected chi connectivity index (χ1v) is 2.70. The molecule has 3 nitrogen and oxygen atoms in total. The van der Waals surface area contributed by atoms with Gasteiger partial charge in [-0.2, -0.15) is 5.26 Å². The number of aliphatic hydroxyl groups excluding tert-OH is 1. The molecule has 0 aromatic rings. The van der Waals surface area contributed by atoms with Gasteiger partial charge in [-0.3, -0.25) is 0 Å². The van der Waals surface area contributed by atoms with Crippen LogP contribution in [0.2, 0.25) is 0 Å². The van der Waals surface area contributed by atoms with Crippen LogP contribution in [-0.4, -0.2) is 23.6 Å². The van der Waals surface area contributed by atoms with Crippen LogP contribution in [0.4, 0.5) is 0 Å². The highest BCUT2D eigenvalue weighted by atomic mass is 35.5. The fourth-order valence-corrected chi connectivity index (χ4v) is 0.327. The van der Waals surface area contributed by atoms with Crippen molar-refractivity contribution in [3.63, 3.8) is 0 Å². The van der Waals surface area contributed by atoms with Crippen LogP contribution >= 0.6 is 11.6 Å². The lowest BCUT2D eigenvalue weighted by molar-refractivity contribution is 0.200. The SMILES string of the molecule is N#CNCC(O)CCl. The molecule has 0 aliphatic rings. The lowest BCUT2D eigenvalue weighted by atomic mass is 10.4. The molecule has 0 aromatic heterocycles. The molecule has 4 heteroatoms. The highest BCUT2D eigenvalue weighted by molar-refractivity contribution is 6.18. The summed E-state index contributed by atoms with van der Waals surface area (Å²) in [5.74, 6) is 0.161. The van der Waals surface area contributed by atoms with Crippen molar-refractivity contribution in [3.8, 4) is 6.19 Å². The molecule has 0 aliphatic heterocycles. The van der Waals surface area contributed by atoms with Gasteiger partial charge in [0.15, 0.2) is 6.19 Å². The average molecular weight is 135 g/mol. The molecule has 0 amide bonds. The van der Waals surface area contributed by atoms with Gasteiger partial charge in [0.25, 0.3) is 0 Å². The van der Waals surface area contributed by atoms with Crippen LogP contribution in [0.3, 0.4) is 0 Å². The molecule has 0 saturated heterocycles. The number of aliphatic hydroxyl groups is 1. The van der Waals surface area contributed by atoms with Gasteiger partial charge in [-0.05, 0) is 0 Å². The van der Waals surface area contributed by atoms with E-state index in [2.05, 4.69) is 5.32 Å². The standard InChI is InChI=1S/C4H7ClN2O/c5-1-4(8)2-7-3-6/h4,7-8H,1-2H2. The van der Waals surface area contributed by atoms with Gasteiger partial charge >= 0.3 is 0 Å². The summed E-state index contributed by atoms with van der Waals surface area (Å²) in [5.41, 5.74) is 0. The van der Waals surface area contributed by atoms with Gasteiger partial charge in [0.2, 0.25) is 0 Å². The first kappa shape index (κ1) is 7.54. The maximum atomic E-state index is 8.64. The van der Waals surface area contributed by atoms with Crippen LogP contribution in [-0.2, 0) is 0 Å². The van der Waals surface area contributed by atoms with Crippen molar-refractivity contribution < 1.29 is 5.11 Å².